The van der Waals surface area contributed by atoms with Crippen LogP contribution in [0, 0.1) is 0 Å². The molecule has 4 atom stereocenters. The van der Waals surface area contributed by atoms with Crippen LogP contribution < -0.4 is 4.74 Å². The molecule has 162 valence electrons. The molecule has 1 unspecified atom stereocenters. The number of halogens is 1. The largest absolute Gasteiger partial charge is 0.490 e. The molecule has 4 nitrogen and oxygen atoms in total. The number of aliphatic hydroxyl groups is 2. The highest BCUT2D eigenvalue weighted by molar-refractivity contribution is 6.32. The molecular formula is C25H31ClO4. The van der Waals surface area contributed by atoms with Gasteiger partial charge in [0.15, 0.2) is 0 Å². The first-order chi connectivity index (χ1) is 14.5. The zero-order valence-electron chi connectivity index (χ0n) is 17.7. The van der Waals surface area contributed by atoms with Crippen LogP contribution in [0.25, 0.3) is 0 Å². The molecule has 1 fully saturated rings. The summed E-state index contributed by atoms with van der Waals surface area (Å²) in [5.41, 5.74) is 5.59. The lowest BCUT2D eigenvalue weighted by Crippen LogP contribution is -2.33. The summed E-state index contributed by atoms with van der Waals surface area (Å²) in [5, 5.41) is 20.7. The smallest absolute Gasteiger partial charge is 0.130 e. The third-order valence-electron chi connectivity index (χ3n) is 6.11. The van der Waals surface area contributed by atoms with Gasteiger partial charge in [0.2, 0.25) is 0 Å². The molecule has 2 aliphatic rings. The van der Waals surface area contributed by atoms with E-state index >= 15 is 0 Å². The quantitative estimate of drug-likeness (QED) is 0.692. The number of aryl methyl sites for hydroxylation is 1. The molecule has 5 heteroatoms. The molecule has 2 aliphatic heterocycles. The average molecular weight is 431 g/mol. The standard InChI is InChI=1S/C25H31ClO4/c1-3-4-16-5-7-17(8-6-16)10-18-11-21(23-13-19(28)12-20(14-27)30-23)25-22(24(18)26)9-15(2)29-25/h5-8,11,15,19-20,23,27-28H,3-4,9-10,12-14H2,1-2H3/t15?,19-,20-,23+/m0/s1. The van der Waals surface area contributed by atoms with Gasteiger partial charge in [0.05, 0.1) is 29.9 Å². The maximum Gasteiger partial charge on any atom is 0.130 e. The molecule has 2 aromatic carbocycles. The van der Waals surface area contributed by atoms with E-state index in [1.807, 2.05) is 6.92 Å². The van der Waals surface area contributed by atoms with Crippen molar-refractivity contribution >= 4 is 11.6 Å². The van der Waals surface area contributed by atoms with Gasteiger partial charge in [-0.05, 0) is 42.5 Å². The fourth-order valence-corrected chi connectivity index (χ4v) is 4.93. The van der Waals surface area contributed by atoms with Crippen molar-refractivity contribution in [1.82, 2.24) is 0 Å². The maximum absolute atomic E-state index is 10.3. The molecule has 2 heterocycles. The molecule has 0 bridgehead atoms. The van der Waals surface area contributed by atoms with Crippen LogP contribution in [0.3, 0.4) is 0 Å². The molecule has 0 aliphatic carbocycles. The highest BCUT2D eigenvalue weighted by Crippen LogP contribution is 2.46. The van der Waals surface area contributed by atoms with E-state index < -0.39 is 6.10 Å². The summed E-state index contributed by atoms with van der Waals surface area (Å²) in [6.45, 7) is 4.13. The fourth-order valence-electron chi connectivity index (χ4n) is 4.64. The zero-order valence-corrected chi connectivity index (χ0v) is 18.5. The summed E-state index contributed by atoms with van der Waals surface area (Å²) in [4.78, 5) is 0. The Kier molecular flexibility index (Phi) is 6.69. The minimum atomic E-state index is -0.499. The summed E-state index contributed by atoms with van der Waals surface area (Å²) >= 11 is 6.84. The molecular weight excluding hydrogens is 400 g/mol. The van der Waals surface area contributed by atoms with Gasteiger partial charge in [-0.25, -0.2) is 0 Å². The van der Waals surface area contributed by atoms with Crippen molar-refractivity contribution in [1.29, 1.82) is 0 Å². The number of hydrogen-bond acceptors (Lipinski definition) is 4. The number of rotatable bonds is 6. The van der Waals surface area contributed by atoms with Crippen molar-refractivity contribution in [3.8, 4) is 5.75 Å². The topological polar surface area (TPSA) is 58.9 Å². The van der Waals surface area contributed by atoms with Crippen LogP contribution in [0.5, 0.6) is 5.75 Å². The summed E-state index contributed by atoms with van der Waals surface area (Å²) in [6.07, 6.45) is 3.56. The van der Waals surface area contributed by atoms with Crippen molar-refractivity contribution in [2.45, 2.75) is 76.8 Å². The van der Waals surface area contributed by atoms with Gasteiger partial charge in [0, 0.05) is 30.4 Å². The highest BCUT2D eigenvalue weighted by atomic mass is 35.5. The van der Waals surface area contributed by atoms with E-state index in [1.165, 1.54) is 11.1 Å². The molecule has 2 aromatic rings. The number of fused-ring (bicyclic) bond motifs is 1. The number of aliphatic hydroxyl groups excluding tert-OH is 2. The van der Waals surface area contributed by atoms with Gasteiger partial charge < -0.3 is 19.7 Å². The van der Waals surface area contributed by atoms with Crippen LogP contribution in [0.1, 0.15) is 67.0 Å². The minimum Gasteiger partial charge on any atom is -0.490 e. The lowest BCUT2D eigenvalue weighted by Gasteiger charge is -2.33. The summed E-state index contributed by atoms with van der Waals surface area (Å²) < 4.78 is 12.2. The first-order valence-electron chi connectivity index (χ1n) is 11.0. The van der Waals surface area contributed by atoms with Crippen molar-refractivity contribution in [2.75, 3.05) is 6.61 Å². The van der Waals surface area contributed by atoms with E-state index in [0.717, 1.165) is 53.1 Å². The Balaban J connectivity index is 1.68. The molecule has 0 spiro atoms. The van der Waals surface area contributed by atoms with Crippen LogP contribution in [0.2, 0.25) is 5.02 Å². The van der Waals surface area contributed by atoms with E-state index in [-0.39, 0.29) is 24.9 Å². The Hall–Kier alpha value is -1.59. The van der Waals surface area contributed by atoms with Gasteiger partial charge in [-0.1, -0.05) is 49.2 Å². The number of benzene rings is 2. The van der Waals surface area contributed by atoms with E-state index in [0.29, 0.717) is 12.8 Å². The van der Waals surface area contributed by atoms with Gasteiger partial charge in [-0.3, -0.25) is 0 Å². The Bertz CT molecular complexity index is 880. The van der Waals surface area contributed by atoms with E-state index in [2.05, 4.69) is 37.3 Å². The average Bonchev–Trinajstić information content (AvgIpc) is 3.13. The Morgan fingerprint density at radius 1 is 1.13 bits per heavy atom. The first kappa shape index (κ1) is 21.6. The normalized spacial score (nSPS) is 25.8. The van der Waals surface area contributed by atoms with E-state index in [4.69, 9.17) is 21.1 Å². The van der Waals surface area contributed by atoms with Crippen LogP contribution in [-0.4, -0.2) is 35.1 Å². The number of hydrogen-bond donors (Lipinski definition) is 2. The van der Waals surface area contributed by atoms with Gasteiger partial charge in [-0.15, -0.1) is 0 Å². The van der Waals surface area contributed by atoms with Gasteiger partial charge >= 0.3 is 0 Å². The summed E-state index contributed by atoms with van der Waals surface area (Å²) in [5.74, 6) is 0.797. The third kappa shape index (κ3) is 4.52. The third-order valence-corrected chi connectivity index (χ3v) is 6.58. The monoisotopic (exact) mass is 430 g/mol. The second kappa shape index (κ2) is 9.27. The molecule has 4 rings (SSSR count). The van der Waals surface area contributed by atoms with Crippen molar-refractivity contribution in [2.24, 2.45) is 0 Å². The van der Waals surface area contributed by atoms with Gasteiger partial charge in [-0.2, -0.15) is 0 Å². The van der Waals surface area contributed by atoms with Crippen molar-refractivity contribution in [3.05, 3.63) is 63.2 Å². The van der Waals surface area contributed by atoms with E-state index in [9.17, 15) is 10.2 Å². The molecule has 30 heavy (non-hydrogen) atoms. The predicted octanol–water partition coefficient (Wildman–Crippen LogP) is 4.78. The molecule has 0 aromatic heterocycles. The van der Waals surface area contributed by atoms with Gasteiger partial charge in [0.25, 0.3) is 0 Å². The summed E-state index contributed by atoms with van der Waals surface area (Å²) in [7, 11) is 0. The van der Waals surface area contributed by atoms with Gasteiger partial charge in [0.1, 0.15) is 11.9 Å². The molecule has 0 radical (unpaired) electrons. The minimum absolute atomic E-state index is 0.0574. The van der Waals surface area contributed by atoms with Crippen molar-refractivity contribution < 1.29 is 19.7 Å². The second-order valence-corrected chi connectivity index (χ2v) is 9.05. The Morgan fingerprint density at radius 3 is 2.57 bits per heavy atom. The second-order valence-electron chi connectivity index (χ2n) is 8.68. The lowest BCUT2D eigenvalue weighted by atomic mass is 9.91. The van der Waals surface area contributed by atoms with Crippen LogP contribution in [-0.2, 0) is 24.0 Å². The highest BCUT2D eigenvalue weighted by Gasteiger charge is 2.35. The first-order valence-corrected chi connectivity index (χ1v) is 11.4. The van der Waals surface area contributed by atoms with Crippen LogP contribution in [0.4, 0.5) is 0 Å². The fraction of sp³-hybridized carbons (Fsp3) is 0.520. The van der Waals surface area contributed by atoms with Crippen LogP contribution >= 0.6 is 11.6 Å². The molecule has 2 N–H and O–H groups in total. The zero-order chi connectivity index (χ0) is 21.3. The molecule has 0 amide bonds. The van der Waals surface area contributed by atoms with E-state index in [1.54, 1.807) is 0 Å². The SMILES string of the molecule is CCCc1ccc(Cc2cc([C@H]3C[C@@H](O)C[C@@H](CO)O3)c3c(c2Cl)CC(C)O3)cc1. The molecule has 0 saturated carbocycles. The predicted molar refractivity (Wildman–Crippen MR) is 118 cm³/mol. The summed E-state index contributed by atoms with van der Waals surface area (Å²) in [6, 6.07) is 10.8. The van der Waals surface area contributed by atoms with Crippen LogP contribution in [0.15, 0.2) is 30.3 Å². The Morgan fingerprint density at radius 2 is 1.87 bits per heavy atom. The Labute approximate surface area is 183 Å². The molecule has 1 saturated heterocycles. The lowest BCUT2D eigenvalue weighted by molar-refractivity contribution is -0.114. The maximum atomic E-state index is 10.3. The van der Waals surface area contributed by atoms with Crippen molar-refractivity contribution in [3.63, 3.8) is 0 Å². The number of ether oxygens (including phenoxy) is 2.